The monoisotopic (exact) mass is 356 g/mol. The molecule has 0 saturated carbocycles. The summed E-state index contributed by atoms with van der Waals surface area (Å²) in [6.45, 7) is 1.41. The van der Waals surface area contributed by atoms with E-state index in [-0.39, 0.29) is 11.6 Å². The fraction of sp³-hybridized carbons (Fsp3) is 0.444. The van der Waals surface area contributed by atoms with E-state index < -0.39 is 5.97 Å². The molecular weight excluding hydrogens is 336 g/mol. The second-order valence-corrected chi connectivity index (χ2v) is 6.47. The van der Waals surface area contributed by atoms with Gasteiger partial charge in [0, 0.05) is 12.2 Å². The van der Waals surface area contributed by atoms with E-state index in [4.69, 9.17) is 9.47 Å². The molecule has 136 valence electrons. The molecule has 4 rings (SSSR count). The largest absolute Gasteiger partial charge is 0.480 e. The van der Waals surface area contributed by atoms with Crippen LogP contribution in [0.1, 0.15) is 44.2 Å². The van der Waals surface area contributed by atoms with Crippen molar-refractivity contribution in [2.45, 2.75) is 32.4 Å². The zero-order valence-corrected chi connectivity index (χ0v) is 14.8. The first-order chi connectivity index (χ1) is 12.6. The standard InChI is InChI=1S/C18H20N4O4/c1-25-16-13(8-11-4-3-5-14(11)19-16)17(23)21-6-7-22-12(10-21)9-15(20-22)18(24)26-2/h8-9H,3-7,10H2,1-2H3. The average molecular weight is 356 g/mol. The summed E-state index contributed by atoms with van der Waals surface area (Å²) in [6, 6.07) is 3.59. The van der Waals surface area contributed by atoms with E-state index in [9.17, 15) is 9.59 Å². The highest BCUT2D eigenvalue weighted by molar-refractivity contribution is 5.96. The van der Waals surface area contributed by atoms with Crippen molar-refractivity contribution < 1.29 is 19.1 Å². The summed E-state index contributed by atoms with van der Waals surface area (Å²) in [7, 11) is 2.86. The normalized spacial score (nSPS) is 15.4. The molecule has 0 fully saturated rings. The number of methoxy groups -OCH3 is 2. The molecule has 8 heteroatoms. The van der Waals surface area contributed by atoms with E-state index in [1.807, 2.05) is 6.07 Å². The third-order valence-electron chi connectivity index (χ3n) is 4.92. The van der Waals surface area contributed by atoms with Crippen LogP contribution in [0, 0.1) is 0 Å². The van der Waals surface area contributed by atoms with E-state index >= 15 is 0 Å². The van der Waals surface area contributed by atoms with Crippen LogP contribution in [0.2, 0.25) is 0 Å². The predicted molar refractivity (Wildman–Crippen MR) is 91.1 cm³/mol. The smallest absolute Gasteiger partial charge is 0.358 e. The van der Waals surface area contributed by atoms with E-state index in [2.05, 4.69) is 10.1 Å². The van der Waals surface area contributed by atoms with Crippen LogP contribution in [0.25, 0.3) is 0 Å². The lowest BCUT2D eigenvalue weighted by Gasteiger charge is -2.28. The molecule has 0 bridgehead atoms. The van der Waals surface area contributed by atoms with Gasteiger partial charge in [0.15, 0.2) is 5.69 Å². The van der Waals surface area contributed by atoms with Gasteiger partial charge in [-0.1, -0.05) is 0 Å². The van der Waals surface area contributed by atoms with Crippen molar-refractivity contribution in [3.8, 4) is 5.88 Å². The number of fused-ring (bicyclic) bond motifs is 2. The second kappa shape index (κ2) is 6.44. The quantitative estimate of drug-likeness (QED) is 0.769. The van der Waals surface area contributed by atoms with Gasteiger partial charge in [0.2, 0.25) is 5.88 Å². The molecule has 1 amide bonds. The van der Waals surface area contributed by atoms with Crippen LogP contribution in [0.3, 0.4) is 0 Å². The fourth-order valence-corrected chi connectivity index (χ4v) is 3.58. The van der Waals surface area contributed by atoms with Gasteiger partial charge in [-0.15, -0.1) is 0 Å². The lowest BCUT2D eigenvalue weighted by molar-refractivity contribution is 0.0591. The molecule has 1 aliphatic carbocycles. The minimum absolute atomic E-state index is 0.115. The molecule has 0 aromatic carbocycles. The number of carbonyl (C=O) groups excluding carboxylic acids is 2. The van der Waals surface area contributed by atoms with Crippen LogP contribution in [0.15, 0.2) is 12.1 Å². The Balaban J connectivity index is 1.60. The summed E-state index contributed by atoms with van der Waals surface area (Å²) in [4.78, 5) is 31.0. The van der Waals surface area contributed by atoms with Gasteiger partial charge in [-0.2, -0.15) is 5.10 Å². The number of aryl methyl sites for hydroxylation is 2. The predicted octanol–water partition coefficient (Wildman–Crippen LogP) is 1.22. The summed E-state index contributed by atoms with van der Waals surface area (Å²) < 4.78 is 11.8. The molecular formula is C18H20N4O4. The molecule has 8 nitrogen and oxygen atoms in total. The summed E-state index contributed by atoms with van der Waals surface area (Å²) in [6.07, 6.45) is 2.93. The Kier molecular flexibility index (Phi) is 4.10. The number of pyridine rings is 1. The molecule has 2 aliphatic rings. The molecule has 0 spiro atoms. The van der Waals surface area contributed by atoms with Crippen molar-refractivity contribution >= 4 is 11.9 Å². The number of hydrogen-bond donors (Lipinski definition) is 0. The molecule has 0 atom stereocenters. The Morgan fingerprint density at radius 3 is 2.77 bits per heavy atom. The molecule has 1 aliphatic heterocycles. The number of hydrogen-bond acceptors (Lipinski definition) is 6. The Morgan fingerprint density at radius 1 is 1.15 bits per heavy atom. The van der Waals surface area contributed by atoms with Crippen LogP contribution in [0.4, 0.5) is 0 Å². The highest BCUT2D eigenvalue weighted by Crippen LogP contribution is 2.28. The third kappa shape index (κ3) is 2.71. The molecule has 0 radical (unpaired) electrons. The van der Waals surface area contributed by atoms with Crippen molar-refractivity contribution in [2.24, 2.45) is 0 Å². The van der Waals surface area contributed by atoms with Gasteiger partial charge in [-0.25, -0.2) is 9.78 Å². The van der Waals surface area contributed by atoms with Crippen molar-refractivity contribution in [1.29, 1.82) is 0 Å². The lowest BCUT2D eigenvalue weighted by atomic mass is 10.1. The summed E-state index contributed by atoms with van der Waals surface area (Å²) in [5.74, 6) is -0.213. The Hall–Kier alpha value is -2.90. The van der Waals surface area contributed by atoms with Crippen LogP contribution in [-0.4, -0.2) is 52.3 Å². The van der Waals surface area contributed by atoms with Crippen LogP contribution in [-0.2, 0) is 30.7 Å². The number of carbonyl (C=O) groups is 2. The third-order valence-corrected chi connectivity index (χ3v) is 4.92. The van der Waals surface area contributed by atoms with Crippen LogP contribution in [0.5, 0.6) is 5.88 Å². The van der Waals surface area contributed by atoms with E-state index in [0.717, 1.165) is 36.2 Å². The molecule has 2 aromatic heterocycles. The van der Waals surface area contributed by atoms with Gasteiger partial charge in [-0.3, -0.25) is 9.48 Å². The van der Waals surface area contributed by atoms with Crippen molar-refractivity contribution in [3.05, 3.63) is 40.3 Å². The van der Waals surface area contributed by atoms with Crippen LogP contribution < -0.4 is 4.74 Å². The zero-order chi connectivity index (χ0) is 18.3. The summed E-state index contributed by atoms with van der Waals surface area (Å²) >= 11 is 0. The minimum Gasteiger partial charge on any atom is -0.480 e. The number of nitrogens with zero attached hydrogens (tertiary/aromatic N) is 4. The summed E-state index contributed by atoms with van der Waals surface area (Å²) in [5.41, 5.74) is 3.71. The molecule has 0 unspecified atom stereocenters. The van der Waals surface area contributed by atoms with Crippen molar-refractivity contribution in [1.82, 2.24) is 19.7 Å². The van der Waals surface area contributed by atoms with Crippen molar-refractivity contribution in [2.75, 3.05) is 20.8 Å². The SMILES string of the molecule is COC(=O)c1cc2n(n1)CCN(C(=O)c1cc3c(nc1OC)CCC3)C2. The fourth-order valence-electron chi connectivity index (χ4n) is 3.58. The minimum atomic E-state index is -0.478. The van der Waals surface area contributed by atoms with E-state index in [1.54, 1.807) is 15.6 Å². The molecule has 0 N–H and O–H groups in total. The maximum Gasteiger partial charge on any atom is 0.358 e. The first-order valence-corrected chi connectivity index (χ1v) is 8.62. The molecule has 3 heterocycles. The Morgan fingerprint density at radius 2 is 2.00 bits per heavy atom. The number of aromatic nitrogens is 3. The van der Waals surface area contributed by atoms with Gasteiger partial charge in [0.05, 0.1) is 33.0 Å². The van der Waals surface area contributed by atoms with Gasteiger partial charge in [-0.05, 0) is 37.0 Å². The highest BCUT2D eigenvalue weighted by Gasteiger charge is 2.28. The lowest BCUT2D eigenvalue weighted by Crippen LogP contribution is -2.38. The number of amides is 1. The van der Waals surface area contributed by atoms with Gasteiger partial charge in [0.25, 0.3) is 5.91 Å². The van der Waals surface area contributed by atoms with E-state index in [1.165, 1.54) is 14.2 Å². The van der Waals surface area contributed by atoms with Crippen molar-refractivity contribution in [3.63, 3.8) is 0 Å². The number of rotatable bonds is 3. The number of esters is 1. The first-order valence-electron chi connectivity index (χ1n) is 8.62. The van der Waals surface area contributed by atoms with E-state index in [0.29, 0.717) is 31.1 Å². The second-order valence-electron chi connectivity index (χ2n) is 6.47. The van der Waals surface area contributed by atoms with Crippen LogP contribution >= 0.6 is 0 Å². The maximum atomic E-state index is 13.1. The Bertz CT molecular complexity index is 890. The average Bonchev–Trinajstić information content (AvgIpc) is 3.30. The topological polar surface area (TPSA) is 86.6 Å². The highest BCUT2D eigenvalue weighted by atomic mass is 16.5. The zero-order valence-electron chi connectivity index (χ0n) is 14.8. The van der Waals surface area contributed by atoms with Gasteiger partial charge in [0.1, 0.15) is 5.56 Å². The molecule has 26 heavy (non-hydrogen) atoms. The molecule has 2 aromatic rings. The molecule has 0 saturated heterocycles. The van der Waals surface area contributed by atoms with Gasteiger partial charge < -0.3 is 14.4 Å². The summed E-state index contributed by atoms with van der Waals surface area (Å²) in [5, 5.41) is 4.24. The Labute approximate surface area is 150 Å². The first kappa shape index (κ1) is 16.6. The number of ether oxygens (including phenoxy) is 2. The maximum absolute atomic E-state index is 13.1. The van der Waals surface area contributed by atoms with Gasteiger partial charge >= 0.3 is 5.97 Å².